The number of hydrogen-bond donors (Lipinski definition) is 1. The van der Waals surface area contributed by atoms with E-state index in [-0.39, 0.29) is 5.54 Å². The maximum absolute atomic E-state index is 4.35. The predicted octanol–water partition coefficient (Wildman–Crippen LogP) is 2.44. The van der Waals surface area contributed by atoms with E-state index in [1.165, 1.54) is 10.3 Å². The van der Waals surface area contributed by atoms with Crippen LogP contribution in [0.3, 0.4) is 0 Å². The minimum Gasteiger partial charge on any atom is -0.314 e. The van der Waals surface area contributed by atoms with Gasteiger partial charge in [-0.1, -0.05) is 6.07 Å². The van der Waals surface area contributed by atoms with E-state index >= 15 is 0 Å². The van der Waals surface area contributed by atoms with Crippen LogP contribution in [0.2, 0.25) is 0 Å². The van der Waals surface area contributed by atoms with E-state index in [1.54, 1.807) is 11.3 Å². The first kappa shape index (κ1) is 12.1. The smallest absolute Gasteiger partial charge is 0.0812 e. The van der Waals surface area contributed by atoms with Gasteiger partial charge in [0.2, 0.25) is 0 Å². The van der Waals surface area contributed by atoms with Crippen LogP contribution in [0.25, 0.3) is 10.2 Å². The van der Waals surface area contributed by atoms with E-state index in [9.17, 15) is 0 Å². The topological polar surface area (TPSA) is 28.2 Å². The van der Waals surface area contributed by atoms with E-state index < -0.39 is 0 Å². The van der Waals surface area contributed by atoms with Gasteiger partial charge in [0.15, 0.2) is 0 Å². The maximum Gasteiger partial charge on any atom is 0.0812 e. The number of nitrogens with one attached hydrogen (secondary N) is 1. The molecule has 0 radical (unpaired) electrons. The van der Waals surface area contributed by atoms with Crippen LogP contribution in [0.1, 0.15) is 19.4 Å². The number of thiazole rings is 1. The highest BCUT2D eigenvalue weighted by atomic mass is 32.1. The standard InChI is InChI=1S/C14H19N3S/c1-14(2,17-7-5-15-6-8-17)11-3-4-12-13(9-11)18-10-16-12/h3-4,9-10,15H,5-8H2,1-2H3. The van der Waals surface area contributed by atoms with Crippen LogP contribution in [0, 0.1) is 0 Å². The van der Waals surface area contributed by atoms with Crippen molar-refractivity contribution in [3.05, 3.63) is 29.3 Å². The number of piperazine rings is 1. The summed E-state index contributed by atoms with van der Waals surface area (Å²) < 4.78 is 1.29. The first-order chi connectivity index (χ1) is 8.68. The predicted molar refractivity (Wildman–Crippen MR) is 77.1 cm³/mol. The minimum atomic E-state index is 0.0975. The summed E-state index contributed by atoms with van der Waals surface area (Å²) in [5.74, 6) is 0. The van der Waals surface area contributed by atoms with Crippen molar-refractivity contribution in [3.8, 4) is 0 Å². The van der Waals surface area contributed by atoms with Gasteiger partial charge < -0.3 is 5.32 Å². The summed E-state index contributed by atoms with van der Waals surface area (Å²) in [4.78, 5) is 6.91. The van der Waals surface area contributed by atoms with Crippen LogP contribution in [-0.4, -0.2) is 36.1 Å². The maximum atomic E-state index is 4.35. The summed E-state index contributed by atoms with van der Waals surface area (Å²) in [5.41, 5.74) is 4.52. The number of aromatic nitrogens is 1. The third kappa shape index (κ3) is 2.05. The molecule has 0 spiro atoms. The summed E-state index contributed by atoms with van der Waals surface area (Å²) in [5, 5.41) is 3.41. The number of nitrogens with zero attached hydrogens (tertiary/aromatic N) is 2. The molecule has 1 N–H and O–H groups in total. The third-order valence-electron chi connectivity index (χ3n) is 3.95. The SMILES string of the molecule is CC(C)(c1ccc2ncsc2c1)N1CCNCC1. The van der Waals surface area contributed by atoms with Gasteiger partial charge in [-0.2, -0.15) is 0 Å². The summed E-state index contributed by atoms with van der Waals surface area (Å²) in [6.45, 7) is 9.06. The Morgan fingerprint density at radius 1 is 1.28 bits per heavy atom. The Hall–Kier alpha value is -0.970. The average molecular weight is 261 g/mol. The largest absolute Gasteiger partial charge is 0.314 e. The molecule has 1 aliphatic heterocycles. The Labute approximate surface area is 112 Å². The average Bonchev–Trinajstić information content (AvgIpc) is 2.87. The van der Waals surface area contributed by atoms with Gasteiger partial charge >= 0.3 is 0 Å². The first-order valence-corrected chi connectivity index (χ1v) is 7.35. The molecule has 1 saturated heterocycles. The fourth-order valence-electron chi connectivity index (χ4n) is 2.64. The summed E-state index contributed by atoms with van der Waals surface area (Å²) in [6.07, 6.45) is 0. The number of fused-ring (bicyclic) bond motifs is 1. The lowest BCUT2D eigenvalue weighted by molar-refractivity contribution is 0.103. The molecule has 3 rings (SSSR count). The van der Waals surface area contributed by atoms with Gasteiger partial charge in [-0.3, -0.25) is 4.90 Å². The molecular weight excluding hydrogens is 242 g/mol. The lowest BCUT2D eigenvalue weighted by Crippen LogP contribution is -2.51. The molecule has 2 aromatic rings. The van der Waals surface area contributed by atoms with Crippen molar-refractivity contribution in [2.24, 2.45) is 0 Å². The van der Waals surface area contributed by atoms with Crippen LogP contribution in [0.15, 0.2) is 23.7 Å². The Morgan fingerprint density at radius 2 is 2.06 bits per heavy atom. The lowest BCUT2D eigenvalue weighted by atomic mass is 9.91. The molecule has 0 amide bonds. The molecule has 96 valence electrons. The van der Waals surface area contributed by atoms with Crippen molar-refractivity contribution in [1.82, 2.24) is 15.2 Å². The Balaban J connectivity index is 1.95. The molecule has 3 nitrogen and oxygen atoms in total. The van der Waals surface area contributed by atoms with Crippen molar-refractivity contribution in [1.29, 1.82) is 0 Å². The van der Waals surface area contributed by atoms with Gasteiger partial charge in [0.1, 0.15) is 0 Å². The van der Waals surface area contributed by atoms with Crippen LogP contribution in [0.4, 0.5) is 0 Å². The monoisotopic (exact) mass is 261 g/mol. The van der Waals surface area contributed by atoms with Crippen molar-refractivity contribution in [2.75, 3.05) is 26.2 Å². The van der Waals surface area contributed by atoms with E-state index in [0.29, 0.717) is 0 Å². The van der Waals surface area contributed by atoms with Crippen LogP contribution in [-0.2, 0) is 5.54 Å². The van der Waals surface area contributed by atoms with E-state index in [0.717, 1.165) is 31.7 Å². The van der Waals surface area contributed by atoms with E-state index in [2.05, 4.69) is 47.2 Å². The van der Waals surface area contributed by atoms with Gasteiger partial charge in [0, 0.05) is 31.7 Å². The molecule has 0 atom stereocenters. The van der Waals surface area contributed by atoms with Gasteiger partial charge in [0.25, 0.3) is 0 Å². The van der Waals surface area contributed by atoms with Crippen molar-refractivity contribution >= 4 is 21.6 Å². The zero-order valence-electron chi connectivity index (χ0n) is 10.9. The molecule has 1 aromatic carbocycles. The van der Waals surface area contributed by atoms with Crippen LogP contribution < -0.4 is 5.32 Å². The number of benzene rings is 1. The van der Waals surface area contributed by atoms with Crippen LogP contribution in [0.5, 0.6) is 0 Å². The lowest BCUT2D eigenvalue weighted by Gasteiger charge is -2.41. The number of rotatable bonds is 2. The minimum absolute atomic E-state index is 0.0975. The van der Waals surface area contributed by atoms with Gasteiger partial charge in [-0.15, -0.1) is 11.3 Å². The van der Waals surface area contributed by atoms with Crippen molar-refractivity contribution in [3.63, 3.8) is 0 Å². The second-order valence-electron chi connectivity index (χ2n) is 5.33. The highest BCUT2D eigenvalue weighted by Gasteiger charge is 2.29. The van der Waals surface area contributed by atoms with Crippen molar-refractivity contribution < 1.29 is 0 Å². The molecule has 1 aromatic heterocycles. The zero-order chi connectivity index (χ0) is 12.6. The van der Waals surface area contributed by atoms with Crippen LogP contribution >= 0.6 is 11.3 Å². The van der Waals surface area contributed by atoms with Gasteiger partial charge in [-0.05, 0) is 31.5 Å². The third-order valence-corrected chi connectivity index (χ3v) is 4.74. The van der Waals surface area contributed by atoms with Gasteiger partial charge in [0.05, 0.1) is 15.7 Å². The molecule has 0 saturated carbocycles. The zero-order valence-corrected chi connectivity index (χ0v) is 11.8. The Kier molecular flexibility index (Phi) is 3.09. The molecule has 0 unspecified atom stereocenters. The van der Waals surface area contributed by atoms with E-state index in [4.69, 9.17) is 0 Å². The van der Waals surface area contributed by atoms with E-state index in [1.807, 2.05) is 5.51 Å². The molecule has 0 bridgehead atoms. The molecule has 18 heavy (non-hydrogen) atoms. The second-order valence-corrected chi connectivity index (χ2v) is 6.22. The molecule has 1 fully saturated rings. The number of hydrogen-bond acceptors (Lipinski definition) is 4. The molecule has 2 heterocycles. The van der Waals surface area contributed by atoms with Gasteiger partial charge in [-0.25, -0.2) is 4.98 Å². The summed E-state index contributed by atoms with van der Waals surface area (Å²) in [6, 6.07) is 6.67. The Bertz CT molecular complexity index is 541. The summed E-state index contributed by atoms with van der Waals surface area (Å²) >= 11 is 1.72. The fraction of sp³-hybridized carbons (Fsp3) is 0.500. The highest BCUT2D eigenvalue weighted by Crippen LogP contribution is 2.31. The molecular formula is C14H19N3S. The second kappa shape index (κ2) is 4.61. The molecule has 1 aliphatic rings. The highest BCUT2D eigenvalue weighted by molar-refractivity contribution is 7.16. The summed E-state index contributed by atoms with van der Waals surface area (Å²) in [7, 11) is 0. The normalized spacial score (nSPS) is 18.3. The quantitative estimate of drug-likeness (QED) is 0.900. The van der Waals surface area contributed by atoms with Crippen molar-refractivity contribution in [2.45, 2.75) is 19.4 Å². The molecule has 4 heteroatoms. The first-order valence-electron chi connectivity index (χ1n) is 6.47. The Morgan fingerprint density at radius 3 is 2.83 bits per heavy atom. The molecule has 0 aliphatic carbocycles. The fourth-order valence-corrected chi connectivity index (χ4v) is 3.36.